The van der Waals surface area contributed by atoms with Crippen LogP contribution >= 0.6 is 0 Å². The van der Waals surface area contributed by atoms with Gasteiger partial charge in [0.15, 0.2) is 0 Å². The molecule has 39 heavy (non-hydrogen) atoms. The molecule has 6 rings (SSSR count). The van der Waals surface area contributed by atoms with Crippen LogP contribution in [0.15, 0.2) is 54.9 Å². The highest BCUT2D eigenvalue weighted by Gasteiger charge is 2.46. The van der Waals surface area contributed by atoms with Gasteiger partial charge in [-0.15, -0.1) is 5.10 Å². The first-order chi connectivity index (χ1) is 18.9. The molecule has 0 spiro atoms. The van der Waals surface area contributed by atoms with E-state index in [0.717, 1.165) is 40.2 Å². The summed E-state index contributed by atoms with van der Waals surface area (Å²) in [4.78, 5) is 12.1. The van der Waals surface area contributed by atoms with E-state index in [1.165, 1.54) is 38.3 Å². The molecule has 3 atom stereocenters. The van der Waals surface area contributed by atoms with Crippen molar-refractivity contribution >= 4 is 5.97 Å². The summed E-state index contributed by atoms with van der Waals surface area (Å²) in [7, 11) is 1.84. The molecule has 0 aliphatic heterocycles. The van der Waals surface area contributed by atoms with E-state index in [1.54, 1.807) is 9.36 Å². The minimum atomic E-state index is -0.968. The fourth-order valence-corrected chi connectivity index (χ4v) is 6.20. The molecule has 0 unspecified atom stereocenters. The molecule has 2 aromatic heterocycles. The Kier molecular flexibility index (Phi) is 6.71. The van der Waals surface area contributed by atoms with E-state index in [1.807, 2.05) is 25.4 Å². The number of aromatic carboxylic acids is 1. The number of carboxylic acids is 1. The Balaban J connectivity index is 1.31. The standard InChI is InChI=1S/C31H35N5O3/c1-19-24(13-8-14-29(19)39-20(2)21-9-5-4-6-10-21)22-11-7-12-23(15-22)36-30(27(17-32-36)31(37)38)26-16-25(26)28-18-35(3)34-33-28/h7-8,11-15,17-18,20-21,25-26H,4-6,9-10,16H2,1-3H3,(H,37,38)/t20-,25+,26+/m0/s1. The molecule has 0 radical (unpaired) electrons. The van der Waals surface area contributed by atoms with Crippen molar-refractivity contribution in [3.63, 3.8) is 0 Å². The summed E-state index contributed by atoms with van der Waals surface area (Å²) in [6.07, 6.45) is 10.8. The van der Waals surface area contributed by atoms with Gasteiger partial charge < -0.3 is 9.84 Å². The molecule has 202 valence electrons. The Bertz CT molecular complexity index is 1500. The lowest BCUT2D eigenvalue weighted by molar-refractivity contribution is 0.0695. The monoisotopic (exact) mass is 525 g/mol. The second-order valence-electron chi connectivity index (χ2n) is 11.1. The van der Waals surface area contributed by atoms with Crippen LogP contribution in [0.25, 0.3) is 16.8 Å². The first-order valence-corrected chi connectivity index (χ1v) is 13.9. The van der Waals surface area contributed by atoms with Crippen molar-refractivity contribution < 1.29 is 14.6 Å². The quantitative estimate of drug-likeness (QED) is 0.290. The lowest BCUT2D eigenvalue weighted by Gasteiger charge is -2.29. The summed E-state index contributed by atoms with van der Waals surface area (Å²) in [5.74, 6) is 0.731. The van der Waals surface area contributed by atoms with Gasteiger partial charge in [-0.05, 0) is 73.9 Å². The Labute approximate surface area is 228 Å². The van der Waals surface area contributed by atoms with Crippen LogP contribution in [-0.4, -0.2) is 42.0 Å². The summed E-state index contributed by atoms with van der Waals surface area (Å²) in [6.45, 7) is 4.32. The van der Waals surface area contributed by atoms with Crippen molar-refractivity contribution in [3.05, 3.63) is 77.4 Å². The third kappa shape index (κ3) is 4.95. The Morgan fingerprint density at radius 3 is 2.64 bits per heavy atom. The van der Waals surface area contributed by atoms with Gasteiger partial charge >= 0.3 is 5.97 Å². The fraction of sp³-hybridized carbons (Fsp3) is 0.419. The molecule has 8 nitrogen and oxygen atoms in total. The van der Waals surface area contributed by atoms with Gasteiger partial charge in [0.2, 0.25) is 0 Å². The summed E-state index contributed by atoms with van der Waals surface area (Å²) in [5.41, 5.74) is 5.91. The molecule has 0 saturated heterocycles. The predicted molar refractivity (Wildman–Crippen MR) is 148 cm³/mol. The van der Waals surface area contributed by atoms with Crippen molar-refractivity contribution in [2.45, 2.75) is 70.3 Å². The van der Waals surface area contributed by atoms with Crippen LogP contribution in [0.2, 0.25) is 0 Å². The minimum absolute atomic E-state index is 0.0266. The second kappa shape index (κ2) is 10.3. The van der Waals surface area contributed by atoms with Crippen LogP contribution in [0.1, 0.15) is 84.6 Å². The van der Waals surface area contributed by atoms with Crippen molar-refractivity contribution in [1.29, 1.82) is 0 Å². The zero-order valence-corrected chi connectivity index (χ0v) is 22.7. The Morgan fingerprint density at radius 1 is 1.10 bits per heavy atom. The maximum atomic E-state index is 12.1. The zero-order valence-electron chi connectivity index (χ0n) is 22.7. The third-order valence-corrected chi connectivity index (χ3v) is 8.49. The number of carboxylic acid groups (broad SMARTS) is 1. The summed E-state index contributed by atoms with van der Waals surface area (Å²) >= 11 is 0. The van der Waals surface area contributed by atoms with Crippen molar-refractivity contribution in [3.8, 4) is 22.6 Å². The summed E-state index contributed by atoms with van der Waals surface area (Å²) in [5, 5.41) is 22.8. The first-order valence-electron chi connectivity index (χ1n) is 13.9. The maximum Gasteiger partial charge on any atom is 0.339 e. The van der Waals surface area contributed by atoms with E-state index in [2.05, 4.69) is 59.6 Å². The van der Waals surface area contributed by atoms with Crippen molar-refractivity contribution in [1.82, 2.24) is 24.8 Å². The number of benzene rings is 2. The van der Waals surface area contributed by atoms with E-state index in [9.17, 15) is 9.90 Å². The van der Waals surface area contributed by atoms with Crippen LogP contribution in [-0.2, 0) is 7.05 Å². The van der Waals surface area contributed by atoms with E-state index in [4.69, 9.17) is 4.74 Å². The number of carbonyl (C=O) groups is 1. The third-order valence-electron chi connectivity index (χ3n) is 8.49. The molecule has 0 bridgehead atoms. The molecule has 2 aliphatic carbocycles. The molecule has 2 fully saturated rings. The lowest BCUT2D eigenvalue weighted by atomic mass is 9.86. The molecule has 2 aliphatic rings. The van der Waals surface area contributed by atoms with Gasteiger partial charge in [-0.25, -0.2) is 9.48 Å². The normalized spacial score (nSPS) is 20.1. The van der Waals surface area contributed by atoms with Gasteiger partial charge in [0, 0.05) is 25.1 Å². The van der Waals surface area contributed by atoms with Crippen LogP contribution in [0.4, 0.5) is 0 Å². The Hall–Kier alpha value is -3.94. The summed E-state index contributed by atoms with van der Waals surface area (Å²) in [6, 6.07) is 14.4. The largest absolute Gasteiger partial charge is 0.490 e. The number of aromatic nitrogens is 5. The molecule has 4 aromatic rings. The molecular weight excluding hydrogens is 490 g/mol. The number of rotatable bonds is 8. The highest BCUT2D eigenvalue weighted by atomic mass is 16.5. The SMILES string of the molecule is Cc1c(O[C@@H](C)C2CCCCC2)cccc1-c1cccc(-n2ncc(C(=O)O)c2[C@@H]2C[C@H]2c2cn(C)nn2)c1. The number of hydrogen-bond donors (Lipinski definition) is 1. The zero-order chi connectivity index (χ0) is 27.1. The molecule has 2 saturated carbocycles. The molecule has 0 amide bonds. The highest BCUT2D eigenvalue weighted by molar-refractivity contribution is 5.89. The highest BCUT2D eigenvalue weighted by Crippen LogP contribution is 2.55. The van der Waals surface area contributed by atoms with Gasteiger partial charge in [0.1, 0.15) is 11.3 Å². The Morgan fingerprint density at radius 2 is 1.90 bits per heavy atom. The van der Waals surface area contributed by atoms with E-state index in [-0.39, 0.29) is 23.5 Å². The predicted octanol–water partition coefficient (Wildman–Crippen LogP) is 6.29. The van der Waals surface area contributed by atoms with Crippen LogP contribution in [0.3, 0.4) is 0 Å². The van der Waals surface area contributed by atoms with Crippen molar-refractivity contribution in [2.75, 3.05) is 0 Å². The second-order valence-corrected chi connectivity index (χ2v) is 11.1. The minimum Gasteiger partial charge on any atom is -0.490 e. The molecular formula is C31H35N5O3. The molecule has 8 heteroatoms. The number of hydrogen-bond acceptors (Lipinski definition) is 5. The van der Waals surface area contributed by atoms with E-state index in [0.29, 0.717) is 11.6 Å². The first kappa shape index (κ1) is 25.3. The average Bonchev–Trinajstić information content (AvgIpc) is 3.39. The summed E-state index contributed by atoms with van der Waals surface area (Å²) < 4.78 is 9.98. The maximum absolute atomic E-state index is 12.1. The van der Waals surface area contributed by atoms with Crippen LogP contribution < -0.4 is 4.74 Å². The van der Waals surface area contributed by atoms with Crippen LogP contribution in [0, 0.1) is 12.8 Å². The smallest absolute Gasteiger partial charge is 0.339 e. The average molecular weight is 526 g/mol. The molecule has 2 aromatic carbocycles. The van der Waals surface area contributed by atoms with Gasteiger partial charge in [-0.2, -0.15) is 5.10 Å². The van der Waals surface area contributed by atoms with Gasteiger partial charge in [-0.3, -0.25) is 4.68 Å². The number of aryl methyl sites for hydroxylation is 1. The van der Waals surface area contributed by atoms with E-state index >= 15 is 0 Å². The molecule has 1 N–H and O–H groups in total. The van der Waals surface area contributed by atoms with Gasteiger partial charge in [0.25, 0.3) is 0 Å². The van der Waals surface area contributed by atoms with Gasteiger partial charge in [-0.1, -0.05) is 48.7 Å². The topological polar surface area (TPSA) is 95.1 Å². The fourth-order valence-electron chi connectivity index (χ4n) is 6.20. The van der Waals surface area contributed by atoms with Crippen molar-refractivity contribution in [2.24, 2.45) is 13.0 Å². The van der Waals surface area contributed by atoms with Crippen LogP contribution in [0.5, 0.6) is 5.75 Å². The number of ether oxygens (including phenoxy) is 1. The number of nitrogens with zero attached hydrogens (tertiary/aromatic N) is 5. The molecule has 2 heterocycles. The van der Waals surface area contributed by atoms with E-state index < -0.39 is 5.97 Å². The van der Waals surface area contributed by atoms with Gasteiger partial charge in [0.05, 0.1) is 29.4 Å². The lowest BCUT2D eigenvalue weighted by Crippen LogP contribution is -2.26.